The SMILES string of the molecule is O=C(COC(=O)CCN1C(=O)[C@@H]2[C@H]3C[C@@H]([C@@H](Br)[C@H]3Br)[C@H]2C1=O)Nc1cccc(Cl)c1. The number of halogens is 3. The summed E-state index contributed by atoms with van der Waals surface area (Å²) in [5, 5.41) is 3.05. The number of fused-ring (bicyclic) bond motifs is 5. The molecule has 7 nitrogen and oxygen atoms in total. The number of alkyl halides is 2. The van der Waals surface area contributed by atoms with E-state index >= 15 is 0 Å². The molecule has 3 aliphatic rings. The van der Waals surface area contributed by atoms with Crippen LogP contribution in [-0.2, 0) is 23.9 Å². The number of esters is 1. The topological polar surface area (TPSA) is 92.8 Å². The molecule has 2 saturated carbocycles. The zero-order valence-electron chi connectivity index (χ0n) is 15.7. The molecule has 0 spiro atoms. The van der Waals surface area contributed by atoms with Gasteiger partial charge in [-0.15, -0.1) is 0 Å². The number of hydrogen-bond donors (Lipinski definition) is 1. The number of carbonyl (C=O) groups is 4. The van der Waals surface area contributed by atoms with Crippen LogP contribution in [0.15, 0.2) is 24.3 Å². The van der Waals surface area contributed by atoms with Crippen molar-refractivity contribution >= 4 is 72.8 Å². The van der Waals surface area contributed by atoms with Gasteiger partial charge in [0.15, 0.2) is 6.61 Å². The summed E-state index contributed by atoms with van der Waals surface area (Å²) >= 11 is 13.1. The third-order valence-electron chi connectivity index (χ3n) is 6.09. The Balaban J connectivity index is 1.26. The molecule has 1 aromatic carbocycles. The molecule has 3 amide bonds. The van der Waals surface area contributed by atoms with E-state index in [0.717, 1.165) is 6.42 Å². The van der Waals surface area contributed by atoms with Crippen molar-refractivity contribution in [1.29, 1.82) is 0 Å². The van der Waals surface area contributed by atoms with E-state index in [0.29, 0.717) is 10.7 Å². The number of likely N-dealkylation sites (tertiary alicyclic amines) is 1. The highest BCUT2D eigenvalue weighted by molar-refractivity contribution is 9.12. The molecule has 4 rings (SSSR count). The molecule has 1 aliphatic heterocycles. The number of ether oxygens (including phenoxy) is 1. The molecule has 2 bridgehead atoms. The second kappa shape index (κ2) is 8.59. The van der Waals surface area contributed by atoms with Crippen LogP contribution in [0.3, 0.4) is 0 Å². The molecule has 1 saturated heterocycles. The fourth-order valence-electron chi connectivity index (χ4n) is 4.82. The zero-order valence-corrected chi connectivity index (χ0v) is 19.7. The number of imide groups is 1. The highest BCUT2D eigenvalue weighted by Gasteiger charge is 2.66. The lowest BCUT2D eigenvalue weighted by Crippen LogP contribution is -2.37. The summed E-state index contributed by atoms with van der Waals surface area (Å²) in [5.74, 6) is -1.90. The molecular formula is C20H19Br2ClN2O5. The van der Waals surface area contributed by atoms with E-state index in [9.17, 15) is 19.2 Å². The average molecular weight is 563 g/mol. The first-order chi connectivity index (χ1) is 14.3. The first-order valence-corrected chi connectivity index (χ1v) is 11.8. The van der Waals surface area contributed by atoms with Crippen LogP contribution >= 0.6 is 43.5 Å². The third-order valence-corrected chi connectivity index (χ3v) is 9.53. The zero-order chi connectivity index (χ0) is 21.6. The standard InChI is InChI=1S/C20H19Br2ClN2O5/c21-17-11-7-12(18(17)22)16-15(11)19(28)25(20(16)29)5-4-14(27)30-8-13(26)24-10-3-1-2-9(23)6-10/h1-3,6,11-12,15-18H,4-5,7-8H2,(H,24,26)/t11-,12-,15-,16-,17-,18+/m1/s1. The maximum Gasteiger partial charge on any atom is 0.308 e. The Kier molecular flexibility index (Phi) is 6.23. The Labute approximate surface area is 195 Å². The smallest absolute Gasteiger partial charge is 0.308 e. The van der Waals surface area contributed by atoms with Crippen molar-refractivity contribution in [3.8, 4) is 0 Å². The van der Waals surface area contributed by atoms with Crippen molar-refractivity contribution in [1.82, 2.24) is 4.90 Å². The van der Waals surface area contributed by atoms with Gasteiger partial charge in [-0.3, -0.25) is 24.1 Å². The molecule has 30 heavy (non-hydrogen) atoms. The molecule has 3 fully saturated rings. The second-order valence-electron chi connectivity index (χ2n) is 7.80. The monoisotopic (exact) mass is 560 g/mol. The predicted molar refractivity (Wildman–Crippen MR) is 116 cm³/mol. The van der Waals surface area contributed by atoms with E-state index in [2.05, 4.69) is 37.2 Å². The Bertz CT molecular complexity index is 881. The molecule has 6 atom stereocenters. The van der Waals surface area contributed by atoms with Crippen LogP contribution < -0.4 is 5.32 Å². The molecule has 1 aromatic rings. The highest BCUT2D eigenvalue weighted by Crippen LogP contribution is 2.60. The average Bonchev–Trinajstić information content (AvgIpc) is 3.30. The van der Waals surface area contributed by atoms with E-state index in [1.807, 2.05) is 0 Å². The number of benzene rings is 1. The summed E-state index contributed by atoms with van der Waals surface area (Å²) in [6, 6.07) is 6.60. The summed E-state index contributed by atoms with van der Waals surface area (Å²) < 4.78 is 4.97. The van der Waals surface area contributed by atoms with Crippen molar-refractivity contribution in [3.63, 3.8) is 0 Å². The fraction of sp³-hybridized carbons (Fsp3) is 0.500. The van der Waals surface area contributed by atoms with E-state index < -0.39 is 18.5 Å². The van der Waals surface area contributed by atoms with Crippen molar-refractivity contribution in [2.45, 2.75) is 22.5 Å². The summed E-state index contributed by atoms with van der Waals surface area (Å²) in [5.41, 5.74) is 0.494. The second-order valence-corrected chi connectivity index (χ2v) is 10.4. The molecule has 0 radical (unpaired) electrons. The first-order valence-electron chi connectivity index (χ1n) is 9.62. The predicted octanol–water partition coefficient (Wildman–Crippen LogP) is 2.99. The van der Waals surface area contributed by atoms with Gasteiger partial charge in [-0.1, -0.05) is 49.5 Å². The number of carbonyl (C=O) groups excluding carboxylic acids is 4. The molecule has 10 heteroatoms. The number of amides is 3. The van der Waals surface area contributed by atoms with Gasteiger partial charge in [-0.25, -0.2) is 0 Å². The van der Waals surface area contributed by atoms with E-state index in [1.54, 1.807) is 24.3 Å². The summed E-state index contributed by atoms with van der Waals surface area (Å²) in [6.45, 7) is -0.488. The minimum absolute atomic E-state index is 0.0290. The number of hydrogen-bond acceptors (Lipinski definition) is 5. The van der Waals surface area contributed by atoms with Crippen molar-refractivity contribution in [2.24, 2.45) is 23.7 Å². The van der Waals surface area contributed by atoms with Crippen LogP contribution in [0.5, 0.6) is 0 Å². The summed E-state index contributed by atoms with van der Waals surface area (Å²) in [4.78, 5) is 51.0. The van der Waals surface area contributed by atoms with Gasteiger partial charge >= 0.3 is 5.97 Å². The maximum absolute atomic E-state index is 12.8. The summed E-state index contributed by atoms with van der Waals surface area (Å²) in [7, 11) is 0. The maximum atomic E-state index is 12.8. The lowest BCUT2D eigenvalue weighted by Gasteiger charge is -2.28. The number of nitrogens with zero attached hydrogens (tertiary/aromatic N) is 1. The minimum Gasteiger partial charge on any atom is -0.456 e. The van der Waals surface area contributed by atoms with Gasteiger partial charge in [0.25, 0.3) is 5.91 Å². The largest absolute Gasteiger partial charge is 0.456 e. The molecule has 0 aromatic heterocycles. The van der Waals surface area contributed by atoms with Crippen LogP contribution in [0, 0.1) is 23.7 Å². The van der Waals surface area contributed by atoms with Crippen molar-refractivity contribution < 1.29 is 23.9 Å². The molecule has 160 valence electrons. The van der Waals surface area contributed by atoms with Gasteiger partial charge in [-0.05, 0) is 36.5 Å². The molecule has 1 N–H and O–H groups in total. The molecule has 2 aliphatic carbocycles. The Morgan fingerprint density at radius 1 is 1.13 bits per heavy atom. The number of rotatable bonds is 6. The van der Waals surface area contributed by atoms with Crippen LogP contribution in [0.25, 0.3) is 0 Å². The first kappa shape index (κ1) is 21.8. The Morgan fingerprint density at radius 2 is 1.77 bits per heavy atom. The van der Waals surface area contributed by atoms with Crippen LogP contribution in [0.2, 0.25) is 5.02 Å². The molecular weight excluding hydrogens is 543 g/mol. The van der Waals surface area contributed by atoms with Crippen LogP contribution in [0.1, 0.15) is 12.8 Å². The van der Waals surface area contributed by atoms with E-state index in [1.165, 1.54) is 4.90 Å². The van der Waals surface area contributed by atoms with Gasteiger partial charge in [-0.2, -0.15) is 0 Å². The van der Waals surface area contributed by atoms with Crippen molar-refractivity contribution in [3.05, 3.63) is 29.3 Å². The molecule has 1 heterocycles. The van der Waals surface area contributed by atoms with Gasteiger partial charge in [0.1, 0.15) is 0 Å². The Morgan fingerprint density at radius 3 is 2.37 bits per heavy atom. The number of anilines is 1. The minimum atomic E-state index is -0.645. The van der Waals surface area contributed by atoms with E-state index in [-0.39, 0.29) is 58.1 Å². The van der Waals surface area contributed by atoms with Gasteiger partial charge in [0, 0.05) is 26.9 Å². The van der Waals surface area contributed by atoms with Crippen LogP contribution in [0.4, 0.5) is 5.69 Å². The van der Waals surface area contributed by atoms with Crippen molar-refractivity contribution in [2.75, 3.05) is 18.5 Å². The van der Waals surface area contributed by atoms with E-state index in [4.69, 9.17) is 16.3 Å². The van der Waals surface area contributed by atoms with Gasteiger partial charge in [0.2, 0.25) is 11.8 Å². The summed E-state index contributed by atoms with van der Waals surface area (Å²) in [6.07, 6.45) is 0.711. The van der Waals surface area contributed by atoms with Gasteiger partial charge < -0.3 is 10.1 Å². The highest BCUT2D eigenvalue weighted by atomic mass is 79.9. The van der Waals surface area contributed by atoms with Crippen LogP contribution in [-0.4, -0.2) is 51.4 Å². The Hall–Kier alpha value is -1.45. The normalized spacial score (nSPS) is 31.8. The lowest BCUT2D eigenvalue weighted by molar-refractivity contribution is -0.149. The lowest BCUT2D eigenvalue weighted by atomic mass is 9.81. The quantitative estimate of drug-likeness (QED) is 0.327. The fourth-order valence-corrected chi connectivity index (χ4v) is 6.88. The van der Waals surface area contributed by atoms with Gasteiger partial charge in [0.05, 0.1) is 18.3 Å². The molecule has 0 unspecified atom stereocenters. The third kappa shape index (κ3) is 3.91. The number of nitrogens with one attached hydrogen (secondary N) is 1.